The van der Waals surface area contributed by atoms with E-state index in [1.54, 1.807) is 0 Å². The smallest absolute Gasteiger partial charge is 0.168 e. The fourth-order valence-electron chi connectivity index (χ4n) is 0.950. The molecule has 0 nitrogen and oxygen atoms in total. The highest BCUT2D eigenvalue weighted by Crippen LogP contribution is 2.33. The SMILES string of the molecule is Cc1c(F)c(F)c(C(Cl)Cl)c(F)c1F. The van der Waals surface area contributed by atoms with Gasteiger partial charge in [0.1, 0.15) is 4.84 Å². The van der Waals surface area contributed by atoms with Crippen molar-refractivity contribution in [1.82, 2.24) is 0 Å². The van der Waals surface area contributed by atoms with Crippen molar-refractivity contribution in [3.8, 4) is 0 Å². The summed E-state index contributed by atoms with van der Waals surface area (Å²) in [7, 11) is 0. The minimum atomic E-state index is -1.65. The topological polar surface area (TPSA) is 0 Å². The van der Waals surface area contributed by atoms with Crippen LogP contribution in [-0.4, -0.2) is 0 Å². The van der Waals surface area contributed by atoms with Crippen molar-refractivity contribution in [3.63, 3.8) is 0 Å². The Morgan fingerprint density at radius 2 is 1.21 bits per heavy atom. The average molecular weight is 247 g/mol. The Bertz CT molecular complexity index is 347. The molecule has 0 aliphatic carbocycles. The van der Waals surface area contributed by atoms with Crippen molar-refractivity contribution < 1.29 is 17.6 Å². The summed E-state index contributed by atoms with van der Waals surface area (Å²) < 4.78 is 51.8. The Morgan fingerprint density at radius 3 is 1.50 bits per heavy atom. The van der Waals surface area contributed by atoms with Gasteiger partial charge in [-0.2, -0.15) is 0 Å². The van der Waals surface area contributed by atoms with Crippen molar-refractivity contribution in [1.29, 1.82) is 0 Å². The molecular formula is C8H4Cl2F4. The molecule has 0 saturated heterocycles. The largest absolute Gasteiger partial charge is 0.203 e. The van der Waals surface area contributed by atoms with Gasteiger partial charge < -0.3 is 0 Å². The van der Waals surface area contributed by atoms with Crippen molar-refractivity contribution in [2.45, 2.75) is 11.8 Å². The van der Waals surface area contributed by atoms with E-state index in [0.29, 0.717) is 0 Å². The van der Waals surface area contributed by atoms with Gasteiger partial charge in [-0.05, 0) is 6.92 Å². The number of hydrogen-bond donors (Lipinski definition) is 0. The van der Waals surface area contributed by atoms with Gasteiger partial charge in [-0.25, -0.2) is 17.6 Å². The highest BCUT2D eigenvalue weighted by molar-refractivity contribution is 6.44. The third-order valence-electron chi connectivity index (χ3n) is 1.74. The number of halogens is 6. The van der Waals surface area contributed by atoms with Gasteiger partial charge in [-0.3, -0.25) is 0 Å². The summed E-state index contributed by atoms with van der Waals surface area (Å²) in [6.45, 7) is 0.915. The summed E-state index contributed by atoms with van der Waals surface area (Å²) >= 11 is 10.3. The molecule has 0 spiro atoms. The zero-order chi connectivity index (χ0) is 11.0. The summed E-state index contributed by atoms with van der Waals surface area (Å²) in [6.07, 6.45) is 0. The lowest BCUT2D eigenvalue weighted by atomic mass is 10.1. The predicted molar refractivity (Wildman–Crippen MR) is 45.5 cm³/mol. The lowest BCUT2D eigenvalue weighted by Gasteiger charge is -2.09. The molecular weight excluding hydrogens is 243 g/mol. The second-order valence-corrected chi connectivity index (χ2v) is 3.69. The van der Waals surface area contributed by atoms with Gasteiger partial charge >= 0.3 is 0 Å². The second-order valence-electron chi connectivity index (χ2n) is 2.60. The Morgan fingerprint density at radius 1 is 0.857 bits per heavy atom. The van der Waals surface area contributed by atoms with E-state index in [9.17, 15) is 17.6 Å². The Balaban J connectivity index is 3.60. The molecule has 78 valence electrons. The Hall–Kier alpha value is -0.480. The maximum absolute atomic E-state index is 13.0. The minimum Gasteiger partial charge on any atom is -0.203 e. The van der Waals surface area contributed by atoms with Crippen molar-refractivity contribution >= 4 is 23.2 Å². The molecule has 0 aromatic heterocycles. The van der Waals surface area contributed by atoms with Crippen LogP contribution in [0.25, 0.3) is 0 Å². The van der Waals surface area contributed by atoms with Crippen molar-refractivity contribution in [2.75, 3.05) is 0 Å². The molecule has 0 heterocycles. The molecule has 0 atom stereocenters. The lowest BCUT2D eigenvalue weighted by Crippen LogP contribution is -2.05. The Labute approximate surface area is 87.4 Å². The van der Waals surface area contributed by atoms with E-state index < -0.39 is 39.2 Å². The van der Waals surface area contributed by atoms with Gasteiger partial charge in [-0.15, -0.1) is 0 Å². The number of hydrogen-bond acceptors (Lipinski definition) is 0. The van der Waals surface area contributed by atoms with E-state index in [2.05, 4.69) is 0 Å². The first-order chi connectivity index (χ1) is 6.37. The normalized spacial score (nSPS) is 11.1. The van der Waals surface area contributed by atoms with Crippen LogP contribution in [0, 0.1) is 30.2 Å². The van der Waals surface area contributed by atoms with Crippen molar-refractivity contribution in [3.05, 3.63) is 34.4 Å². The maximum Gasteiger partial charge on any atom is 0.168 e. The molecule has 0 aliphatic rings. The van der Waals surface area contributed by atoms with Gasteiger partial charge in [0.25, 0.3) is 0 Å². The number of alkyl halides is 2. The quantitative estimate of drug-likeness (QED) is 0.399. The van der Waals surface area contributed by atoms with Crippen LogP contribution < -0.4 is 0 Å². The average Bonchev–Trinajstić information content (AvgIpc) is 2.11. The standard InChI is InChI=1S/C8H4Cl2F4/c1-2-4(11)6(13)3(8(9)10)7(14)5(2)12/h8H,1H3. The van der Waals surface area contributed by atoms with Gasteiger partial charge in [0, 0.05) is 5.56 Å². The molecule has 14 heavy (non-hydrogen) atoms. The van der Waals surface area contributed by atoms with Crippen LogP contribution in [0.5, 0.6) is 0 Å². The number of benzene rings is 1. The molecule has 0 bridgehead atoms. The molecule has 0 saturated carbocycles. The van der Waals surface area contributed by atoms with E-state index in [1.165, 1.54) is 0 Å². The first-order valence-electron chi connectivity index (χ1n) is 3.48. The van der Waals surface area contributed by atoms with E-state index in [1.807, 2.05) is 0 Å². The van der Waals surface area contributed by atoms with Crippen LogP contribution in [0.2, 0.25) is 0 Å². The first-order valence-corrected chi connectivity index (χ1v) is 4.35. The van der Waals surface area contributed by atoms with Gasteiger partial charge in [-0.1, -0.05) is 23.2 Å². The van der Waals surface area contributed by atoms with Crippen molar-refractivity contribution in [2.24, 2.45) is 0 Å². The summed E-state index contributed by atoms with van der Waals surface area (Å²) in [5.41, 5.74) is -1.74. The molecule has 0 fully saturated rings. The van der Waals surface area contributed by atoms with Crippen LogP contribution in [0.1, 0.15) is 16.0 Å². The maximum atomic E-state index is 13.0. The summed E-state index contributed by atoms with van der Waals surface area (Å²) in [4.78, 5) is -1.65. The molecule has 0 unspecified atom stereocenters. The van der Waals surface area contributed by atoms with Crippen LogP contribution in [0.3, 0.4) is 0 Å². The van der Waals surface area contributed by atoms with Crippen LogP contribution in [0.15, 0.2) is 0 Å². The molecule has 1 aromatic rings. The van der Waals surface area contributed by atoms with Crippen LogP contribution >= 0.6 is 23.2 Å². The molecule has 0 N–H and O–H groups in total. The lowest BCUT2D eigenvalue weighted by molar-refractivity contribution is 0.434. The first kappa shape index (κ1) is 11.6. The highest BCUT2D eigenvalue weighted by Gasteiger charge is 2.26. The fraction of sp³-hybridized carbons (Fsp3) is 0.250. The number of rotatable bonds is 1. The fourth-order valence-corrected chi connectivity index (χ4v) is 1.33. The minimum absolute atomic E-state index is 0.738. The van der Waals surface area contributed by atoms with Crippen LogP contribution in [0.4, 0.5) is 17.6 Å². The molecule has 1 aromatic carbocycles. The zero-order valence-corrected chi connectivity index (χ0v) is 8.36. The summed E-state index contributed by atoms with van der Waals surface area (Å²) in [6, 6.07) is 0. The zero-order valence-electron chi connectivity index (χ0n) is 6.85. The van der Waals surface area contributed by atoms with Gasteiger partial charge in [0.05, 0.1) is 5.56 Å². The molecule has 0 amide bonds. The predicted octanol–water partition coefficient (Wildman–Crippen LogP) is 4.03. The van der Waals surface area contributed by atoms with E-state index in [-0.39, 0.29) is 0 Å². The van der Waals surface area contributed by atoms with E-state index >= 15 is 0 Å². The highest BCUT2D eigenvalue weighted by atomic mass is 35.5. The van der Waals surface area contributed by atoms with E-state index in [4.69, 9.17) is 23.2 Å². The van der Waals surface area contributed by atoms with Gasteiger partial charge in [0.2, 0.25) is 0 Å². The van der Waals surface area contributed by atoms with Gasteiger partial charge in [0.15, 0.2) is 23.3 Å². The second kappa shape index (κ2) is 3.95. The molecule has 0 aliphatic heterocycles. The summed E-state index contributed by atoms with van der Waals surface area (Å²) in [5.74, 6) is -6.08. The third kappa shape index (κ3) is 1.68. The monoisotopic (exact) mass is 246 g/mol. The molecule has 0 radical (unpaired) electrons. The van der Waals surface area contributed by atoms with Crippen LogP contribution in [-0.2, 0) is 0 Å². The third-order valence-corrected chi connectivity index (χ3v) is 2.17. The molecule has 1 rings (SSSR count). The Kier molecular flexibility index (Phi) is 3.27. The summed E-state index contributed by atoms with van der Waals surface area (Å²) in [5, 5.41) is 0. The molecule has 6 heteroatoms. The van der Waals surface area contributed by atoms with E-state index in [0.717, 1.165) is 6.92 Å².